The second kappa shape index (κ2) is 13.5. The summed E-state index contributed by atoms with van der Waals surface area (Å²) in [6.45, 7) is 4.50. The highest BCUT2D eigenvalue weighted by molar-refractivity contribution is 5.91. The third-order valence-electron chi connectivity index (χ3n) is 6.62. The SMILES string of the molecule is CC#CCC[C@H](C)C(=O)C=C[C@@H]1c2cc(CCCCC(=O)OC)oc2C[C@H]1OC1CCCCO1. The molecule has 0 aromatic carbocycles. The molecule has 3 rings (SSSR count). The zero-order valence-electron chi connectivity index (χ0n) is 20.8. The first-order valence-corrected chi connectivity index (χ1v) is 12.6. The number of furan rings is 1. The number of methoxy groups -OCH3 is 1. The molecule has 6 nitrogen and oxygen atoms in total. The largest absolute Gasteiger partial charge is 0.469 e. The quantitative estimate of drug-likeness (QED) is 0.179. The number of ether oxygens (including phenoxy) is 3. The van der Waals surface area contributed by atoms with E-state index in [0.717, 1.165) is 75.1 Å². The molecule has 2 aliphatic rings. The number of fused-ring (bicyclic) bond motifs is 1. The lowest BCUT2D eigenvalue weighted by atomic mass is 9.95. The third kappa shape index (κ3) is 7.58. The lowest BCUT2D eigenvalue weighted by molar-refractivity contribution is -0.188. The number of hydrogen-bond donors (Lipinski definition) is 0. The topological polar surface area (TPSA) is 75.0 Å². The summed E-state index contributed by atoms with van der Waals surface area (Å²) >= 11 is 0. The van der Waals surface area contributed by atoms with Crippen molar-refractivity contribution in [2.24, 2.45) is 5.92 Å². The molecule has 1 aliphatic heterocycles. The number of rotatable bonds is 12. The van der Waals surface area contributed by atoms with Crippen molar-refractivity contribution >= 4 is 11.8 Å². The number of hydrogen-bond acceptors (Lipinski definition) is 6. The van der Waals surface area contributed by atoms with Gasteiger partial charge in [-0.05, 0) is 57.6 Å². The van der Waals surface area contributed by atoms with Crippen LogP contribution in [0, 0.1) is 17.8 Å². The van der Waals surface area contributed by atoms with Gasteiger partial charge in [-0.1, -0.05) is 13.0 Å². The van der Waals surface area contributed by atoms with Crippen molar-refractivity contribution in [2.75, 3.05) is 13.7 Å². The van der Waals surface area contributed by atoms with Gasteiger partial charge in [0.1, 0.15) is 11.5 Å². The predicted molar refractivity (Wildman–Crippen MR) is 129 cm³/mol. The first kappa shape index (κ1) is 26.2. The van der Waals surface area contributed by atoms with Gasteiger partial charge in [0.15, 0.2) is 12.1 Å². The summed E-state index contributed by atoms with van der Waals surface area (Å²) in [5.74, 6) is 7.59. The average molecular weight is 471 g/mol. The summed E-state index contributed by atoms with van der Waals surface area (Å²) in [7, 11) is 1.41. The fourth-order valence-electron chi connectivity index (χ4n) is 4.54. The highest BCUT2D eigenvalue weighted by Crippen LogP contribution is 2.40. The molecule has 0 radical (unpaired) electrons. The maximum atomic E-state index is 12.7. The van der Waals surface area contributed by atoms with Gasteiger partial charge in [0, 0.05) is 49.7 Å². The molecule has 1 aromatic rings. The van der Waals surface area contributed by atoms with Crippen molar-refractivity contribution in [3.8, 4) is 11.8 Å². The Morgan fingerprint density at radius 3 is 2.88 bits per heavy atom. The van der Waals surface area contributed by atoms with Crippen LogP contribution in [0.1, 0.15) is 88.2 Å². The van der Waals surface area contributed by atoms with Gasteiger partial charge in [0.2, 0.25) is 0 Å². The summed E-state index contributed by atoms with van der Waals surface area (Å²) in [5, 5.41) is 0. The van der Waals surface area contributed by atoms with Gasteiger partial charge in [-0.15, -0.1) is 11.8 Å². The van der Waals surface area contributed by atoms with Crippen LogP contribution in [0.5, 0.6) is 0 Å². The Labute approximate surface area is 203 Å². The van der Waals surface area contributed by atoms with Gasteiger partial charge in [-0.3, -0.25) is 9.59 Å². The monoisotopic (exact) mass is 470 g/mol. The highest BCUT2D eigenvalue weighted by atomic mass is 16.7. The van der Waals surface area contributed by atoms with Crippen LogP contribution in [-0.4, -0.2) is 37.9 Å². The molecule has 2 heterocycles. The van der Waals surface area contributed by atoms with Crippen molar-refractivity contribution in [2.45, 2.75) is 96.4 Å². The number of allylic oxidation sites excluding steroid dienone is 1. The van der Waals surface area contributed by atoms with E-state index in [0.29, 0.717) is 12.8 Å². The average Bonchev–Trinajstić information content (AvgIpc) is 3.37. The highest BCUT2D eigenvalue weighted by Gasteiger charge is 2.37. The maximum absolute atomic E-state index is 12.7. The molecule has 0 amide bonds. The van der Waals surface area contributed by atoms with Gasteiger partial charge >= 0.3 is 5.97 Å². The standard InChI is InChI=1S/C28H38O6/c1-4-5-6-11-20(2)24(29)16-15-22-23-18-21(12-7-8-13-27(30)31-3)33-26(23)19-25(22)34-28-14-9-10-17-32-28/h15-16,18,20,22,25,28H,6-14,17,19H2,1-3H3/t20-,22+,25+,28?/m0/s1. The van der Waals surface area contributed by atoms with E-state index >= 15 is 0 Å². The predicted octanol–water partition coefficient (Wildman–Crippen LogP) is 5.28. The van der Waals surface area contributed by atoms with Crippen LogP contribution in [0.3, 0.4) is 0 Å². The van der Waals surface area contributed by atoms with E-state index in [-0.39, 0.29) is 36.0 Å². The van der Waals surface area contributed by atoms with Crippen LogP contribution in [0.15, 0.2) is 22.6 Å². The number of ketones is 1. The molecule has 0 spiro atoms. The fraction of sp³-hybridized carbons (Fsp3) is 0.643. The van der Waals surface area contributed by atoms with Gasteiger partial charge in [0.05, 0.1) is 13.2 Å². The summed E-state index contributed by atoms with van der Waals surface area (Å²) in [4.78, 5) is 24.0. The van der Waals surface area contributed by atoms with E-state index < -0.39 is 0 Å². The molecule has 1 unspecified atom stereocenters. The third-order valence-corrected chi connectivity index (χ3v) is 6.62. The Bertz CT molecular complexity index is 896. The van der Waals surface area contributed by atoms with E-state index in [2.05, 4.69) is 17.9 Å². The van der Waals surface area contributed by atoms with Gasteiger partial charge in [0.25, 0.3) is 0 Å². The molecule has 0 N–H and O–H groups in total. The molecule has 1 aromatic heterocycles. The van der Waals surface area contributed by atoms with Gasteiger partial charge < -0.3 is 18.6 Å². The number of aryl methyl sites for hydroxylation is 1. The Hall–Kier alpha value is -2.36. The number of carbonyl (C=O) groups excluding carboxylic acids is 2. The van der Waals surface area contributed by atoms with Gasteiger partial charge in [-0.2, -0.15) is 0 Å². The van der Waals surface area contributed by atoms with Crippen LogP contribution in [0.25, 0.3) is 0 Å². The number of esters is 1. The number of unbranched alkanes of at least 4 members (excludes halogenated alkanes) is 1. The Morgan fingerprint density at radius 1 is 1.29 bits per heavy atom. The van der Waals surface area contributed by atoms with Crippen LogP contribution in [0.4, 0.5) is 0 Å². The minimum atomic E-state index is -0.196. The molecule has 4 atom stereocenters. The summed E-state index contributed by atoms with van der Waals surface area (Å²) in [6.07, 6.45) is 11.5. The number of carbonyl (C=O) groups is 2. The molecule has 1 aliphatic carbocycles. The second-order valence-electron chi connectivity index (χ2n) is 9.20. The van der Waals surface area contributed by atoms with E-state index in [9.17, 15) is 9.59 Å². The Kier molecular flexibility index (Phi) is 10.4. The lowest BCUT2D eigenvalue weighted by Gasteiger charge is -2.28. The zero-order valence-corrected chi connectivity index (χ0v) is 20.8. The van der Waals surface area contributed by atoms with Crippen molar-refractivity contribution < 1.29 is 28.2 Å². The Balaban J connectivity index is 1.66. The van der Waals surface area contributed by atoms with Crippen LogP contribution in [-0.2, 0) is 36.6 Å². The molecule has 186 valence electrons. The van der Waals surface area contributed by atoms with Crippen LogP contribution >= 0.6 is 0 Å². The molecular formula is C28H38O6. The first-order valence-electron chi connectivity index (χ1n) is 12.6. The minimum Gasteiger partial charge on any atom is -0.469 e. The van der Waals surface area contributed by atoms with Crippen molar-refractivity contribution in [1.29, 1.82) is 0 Å². The minimum absolute atomic E-state index is 0.0420. The normalized spacial score (nSPS) is 22.7. The first-order chi connectivity index (χ1) is 16.5. The summed E-state index contributed by atoms with van der Waals surface area (Å²) in [5.41, 5.74) is 1.09. The Morgan fingerprint density at radius 2 is 2.15 bits per heavy atom. The second-order valence-corrected chi connectivity index (χ2v) is 9.20. The van der Waals surface area contributed by atoms with E-state index in [1.165, 1.54) is 7.11 Å². The fourth-order valence-corrected chi connectivity index (χ4v) is 4.54. The van der Waals surface area contributed by atoms with E-state index in [4.69, 9.17) is 18.6 Å². The molecule has 34 heavy (non-hydrogen) atoms. The van der Waals surface area contributed by atoms with Crippen LogP contribution in [0.2, 0.25) is 0 Å². The van der Waals surface area contributed by atoms with Crippen molar-refractivity contribution in [3.63, 3.8) is 0 Å². The van der Waals surface area contributed by atoms with Gasteiger partial charge in [-0.25, -0.2) is 0 Å². The maximum Gasteiger partial charge on any atom is 0.305 e. The lowest BCUT2D eigenvalue weighted by Crippen LogP contribution is -2.30. The molecule has 0 saturated carbocycles. The smallest absolute Gasteiger partial charge is 0.305 e. The molecule has 1 fully saturated rings. The van der Waals surface area contributed by atoms with Crippen molar-refractivity contribution in [3.05, 3.63) is 35.3 Å². The van der Waals surface area contributed by atoms with Crippen molar-refractivity contribution in [1.82, 2.24) is 0 Å². The molecule has 0 bridgehead atoms. The molecule has 1 saturated heterocycles. The molecule has 6 heteroatoms. The summed E-state index contributed by atoms with van der Waals surface area (Å²) < 4.78 is 23.0. The summed E-state index contributed by atoms with van der Waals surface area (Å²) in [6, 6.07) is 2.10. The van der Waals surface area contributed by atoms with Crippen LogP contribution < -0.4 is 0 Å². The van der Waals surface area contributed by atoms with E-state index in [1.54, 1.807) is 6.08 Å². The molecular weight excluding hydrogens is 432 g/mol. The van der Waals surface area contributed by atoms with E-state index in [1.807, 2.05) is 19.9 Å². The zero-order chi connectivity index (χ0) is 24.3.